The van der Waals surface area contributed by atoms with Crippen LogP contribution in [0.5, 0.6) is 17.2 Å². The molecule has 0 saturated carbocycles. The lowest BCUT2D eigenvalue weighted by Crippen LogP contribution is -2.46. The molecule has 0 atom stereocenters. The fourth-order valence-electron chi connectivity index (χ4n) is 3.69. The largest absolute Gasteiger partial charge is 0.489 e. The van der Waals surface area contributed by atoms with Gasteiger partial charge in [0.05, 0.1) is 18.1 Å². The van der Waals surface area contributed by atoms with Gasteiger partial charge in [-0.05, 0) is 53.2 Å². The molecule has 5 rings (SSSR count). The molecule has 3 aliphatic heterocycles. The summed E-state index contributed by atoms with van der Waals surface area (Å²) in [6.07, 6.45) is 1.64. The number of carbonyl (C=O) groups excluding carboxylic acids is 3. The zero-order chi connectivity index (χ0) is 23.5. The van der Waals surface area contributed by atoms with E-state index in [1.165, 1.54) is 0 Å². The maximum Gasteiger partial charge on any atom is 0.294 e. The molecule has 0 bridgehead atoms. The monoisotopic (exact) mass is 482 g/mol. The average Bonchev–Trinajstić information content (AvgIpc) is 3.43. The molecule has 9 nitrogen and oxygen atoms in total. The van der Waals surface area contributed by atoms with Crippen molar-refractivity contribution in [2.45, 2.75) is 6.61 Å². The number of thioether (sulfide) groups is 1. The molecule has 3 amide bonds. The van der Waals surface area contributed by atoms with Crippen molar-refractivity contribution in [3.63, 3.8) is 0 Å². The minimum Gasteiger partial charge on any atom is -0.489 e. The smallest absolute Gasteiger partial charge is 0.294 e. The van der Waals surface area contributed by atoms with Crippen LogP contribution in [0.15, 0.2) is 47.4 Å². The summed E-state index contributed by atoms with van der Waals surface area (Å²) >= 11 is 0.836. The number of nitrogens with zero attached hydrogens (tertiary/aromatic N) is 2. The van der Waals surface area contributed by atoms with Crippen molar-refractivity contribution in [1.29, 1.82) is 0 Å². The number of fused-ring (bicyclic) bond motifs is 1. The van der Waals surface area contributed by atoms with Crippen molar-refractivity contribution in [3.8, 4) is 17.2 Å². The summed E-state index contributed by atoms with van der Waals surface area (Å²) in [7, 11) is 0. The second kappa shape index (κ2) is 9.78. The summed E-state index contributed by atoms with van der Waals surface area (Å²) in [5.41, 5.74) is 1.70. The highest BCUT2D eigenvalue weighted by Gasteiger charge is 2.37. The number of imide groups is 1. The molecule has 2 fully saturated rings. The first-order valence-electron chi connectivity index (χ1n) is 10.8. The highest BCUT2D eigenvalue weighted by atomic mass is 32.2. The fraction of sp³-hybridized carbons (Fsp3) is 0.292. The van der Waals surface area contributed by atoms with E-state index in [1.807, 2.05) is 30.3 Å². The maximum absolute atomic E-state index is 12.7. The molecular weight excluding hydrogens is 460 g/mol. The zero-order valence-corrected chi connectivity index (χ0v) is 19.0. The molecule has 10 heteroatoms. The van der Waals surface area contributed by atoms with Gasteiger partial charge in [0, 0.05) is 13.1 Å². The third-order valence-corrected chi connectivity index (χ3v) is 6.46. The van der Waals surface area contributed by atoms with E-state index in [4.69, 9.17) is 18.9 Å². The second-order valence-electron chi connectivity index (χ2n) is 7.81. The first kappa shape index (κ1) is 22.3. The maximum atomic E-state index is 12.7. The summed E-state index contributed by atoms with van der Waals surface area (Å²) in [5.74, 6) is 1.38. The standard InChI is InChI=1S/C24H22N2O7S/c27-22(25-7-9-30-10-8-25)13-26-23(28)21(34-24(26)29)12-16-1-4-18(5-2-16)31-14-17-3-6-19-20(11-17)33-15-32-19/h1-6,11-12H,7-10,13-15H2/b21-12-. The van der Waals surface area contributed by atoms with E-state index < -0.39 is 11.1 Å². The van der Waals surface area contributed by atoms with Gasteiger partial charge >= 0.3 is 0 Å². The molecule has 176 valence electrons. The Balaban J connectivity index is 1.18. The van der Waals surface area contributed by atoms with Crippen LogP contribution in [0.4, 0.5) is 4.79 Å². The SMILES string of the molecule is O=C(CN1C(=O)S/C(=C\c2ccc(OCc3ccc4c(c3)OCO4)cc2)C1=O)N1CCOCC1. The molecule has 2 saturated heterocycles. The Bertz CT molecular complexity index is 1140. The number of amides is 3. The highest BCUT2D eigenvalue weighted by Crippen LogP contribution is 2.34. The van der Waals surface area contributed by atoms with Crippen LogP contribution in [0.1, 0.15) is 11.1 Å². The van der Waals surface area contributed by atoms with E-state index in [-0.39, 0.29) is 24.2 Å². The van der Waals surface area contributed by atoms with Gasteiger partial charge in [-0.1, -0.05) is 18.2 Å². The molecule has 0 unspecified atom stereocenters. The summed E-state index contributed by atoms with van der Waals surface area (Å²) < 4.78 is 21.8. The Morgan fingerprint density at radius 3 is 2.59 bits per heavy atom. The van der Waals surface area contributed by atoms with Crippen molar-refractivity contribution in [3.05, 3.63) is 58.5 Å². The topological polar surface area (TPSA) is 94.6 Å². The third kappa shape index (κ3) is 4.87. The molecule has 0 aliphatic carbocycles. The van der Waals surface area contributed by atoms with E-state index in [9.17, 15) is 14.4 Å². The molecule has 0 radical (unpaired) electrons. The van der Waals surface area contributed by atoms with Gasteiger partial charge in [-0.2, -0.15) is 0 Å². The van der Waals surface area contributed by atoms with Gasteiger partial charge in [-0.25, -0.2) is 0 Å². The van der Waals surface area contributed by atoms with Gasteiger partial charge in [-0.3, -0.25) is 19.3 Å². The second-order valence-corrected chi connectivity index (χ2v) is 8.80. The zero-order valence-electron chi connectivity index (χ0n) is 18.2. The van der Waals surface area contributed by atoms with E-state index >= 15 is 0 Å². The van der Waals surface area contributed by atoms with Crippen LogP contribution in [0.2, 0.25) is 0 Å². The van der Waals surface area contributed by atoms with Gasteiger partial charge in [0.2, 0.25) is 12.7 Å². The van der Waals surface area contributed by atoms with Crippen LogP contribution in [0.25, 0.3) is 6.08 Å². The predicted octanol–water partition coefficient (Wildman–Crippen LogP) is 2.89. The molecule has 2 aromatic rings. The Kier molecular flexibility index (Phi) is 6.41. The van der Waals surface area contributed by atoms with Gasteiger partial charge in [0.25, 0.3) is 11.1 Å². The number of ether oxygens (including phenoxy) is 4. The van der Waals surface area contributed by atoms with Crippen LogP contribution in [-0.4, -0.2) is 66.5 Å². The molecule has 3 heterocycles. The van der Waals surface area contributed by atoms with E-state index in [2.05, 4.69) is 0 Å². The van der Waals surface area contributed by atoms with Crippen molar-refractivity contribution in [1.82, 2.24) is 9.80 Å². The molecule has 0 spiro atoms. The Morgan fingerprint density at radius 1 is 1.03 bits per heavy atom. The molecule has 2 aromatic carbocycles. The van der Waals surface area contributed by atoms with E-state index in [0.717, 1.165) is 33.5 Å². The van der Waals surface area contributed by atoms with Crippen molar-refractivity contribution >= 4 is 34.9 Å². The van der Waals surface area contributed by atoms with Crippen LogP contribution in [-0.2, 0) is 20.9 Å². The molecule has 0 aromatic heterocycles. The Labute approximate surface area is 200 Å². The van der Waals surface area contributed by atoms with Gasteiger partial charge in [0.15, 0.2) is 11.5 Å². The number of carbonyl (C=O) groups is 3. The van der Waals surface area contributed by atoms with Gasteiger partial charge in [0.1, 0.15) is 18.9 Å². The number of hydrogen-bond acceptors (Lipinski definition) is 8. The summed E-state index contributed by atoms with van der Waals surface area (Å²) in [4.78, 5) is 40.4. The van der Waals surface area contributed by atoms with Crippen LogP contribution >= 0.6 is 11.8 Å². The first-order valence-corrected chi connectivity index (χ1v) is 11.6. The quantitative estimate of drug-likeness (QED) is 0.580. The molecule has 3 aliphatic rings. The summed E-state index contributed by atoms with van der Waals surface area (Å²) in [6.45, 7) is 2.20. The van der Waals surface area contributed by atoms with Crippen molar-refractivity contribution < 1.29 is 33.3 Å². The van der Waals surface area contributed by atoms with Crippen molar-refractivity contribution in [2.24, 2.45) is 0 Å². The molecule has 0 N–H and O–H groups in total. The summed E-state index contributed by atoms with van der Waals surface area (Å²) in [5, 5.41) is -0.443. The predicted molar refractivity (Wildman–Crippen MR) is 123 cm³/mol. The Morgan fingerprint density at radius 2 is 1.79 bits per heavy atom. The lowest BCUT2D eigenvalue weighted by molar-refractivity contribution is -0.139. The van der Waals surface area contributed by atoms with E-state index in [0.29, 0.717) is 44.4 Å². The average molecular weight is 483 g/mol. The van der Waals surface area contributed by atoms with Crippen LogP contribution < -0.4 is 14.2 Å². The minimum absolute atomic E-state index is 0.227. The lowest BCUT2D eigenvalue weighted by Gasteiger charge is -2.28. The third-order valence-electron chi connectivity index (χ3n) is 5.55. The van der Waals surface area contributed by atoms with E-state index in [1.54, 1.807) is 23.1 Å². The first-order chi connectivity index (χ1) is 16.6. The fourth-order valence-corrected chi connectivity index (χ4v) is 4.53. The van der Waals surface area contributed by atoms with Crippen molar-refractivity contribution in [2.75, 3.05) is 39.6 Å². The number of morpholine rings is 1. The lowest BCUT2D eigenvalue weighted by atomic mass is 10.2. The minimum atomic E-state index is -0.459. The number of hydrogen-bond donors (Lipinski definition) is 0. The molecule has 34 heavy (non-hydrogen) atoms. The summed E-state index contributed by atoms with van der Waals surface area (Å²) in [6, 6.07) is 12.9. The Hall–Kier alpha value is -3.50. The number of rotatable bonds is 6. The normalized spacial score (nSPS) is 18.6. The van der Waals surface area contributed by atoms with Gasteiger partial charge < -0.3 is 23.8 Å². The van der Waals surface area contributed by atoms with Crippen LogP contribution in [0.3, 0.4) is 0 Å². The molecular formula is C24H22N2O7S. The van der Waals surface area contributed by atoms with Gasteiger partial charge in [-0.15, -0.1) is 0 Å². The van der Waals surface area contributed by atoms with Crippen LogP contribution in [0, 0.1) is 0 Å². The number of benzene rings is 2. The highest BCUT2D eigenvalue weighted by molar-refractivity contribution is 8.18.